The molecular weight excluding hydrogens is 338 g/mol. The Balaban J connectivity index is 3.64. The van der Waals surface area contributed by atoms with Crippen molar-refractivity contribution in [1.29, 1.82) is 0 Å². The summed E-state index contributed by atoms with van der Waals surface area (Å²) in [5.74, 6) is 0.932. The molecule has 0 saturated carbocycles. The van der Waals surface area contributed by atoms with Gasteiger partial charge in [-0.2, -0.15) is 0 Å². The molecular formula is C27H57N. The van der Waals surface area contributed by atoms with Crippen molar-refractivity contribution in [2.75, 3.05) is 13.1 Å². The fourth-order valence-corrected chi connectivity index (χ4v) is 4.29. The predicted octanol–water partition coefficient (Wildman–Crippen LogP) is 9.44. The minimum absolute atomic E-state index is 0.932. The molecule has 0 saturated heterocycles. The van der Waals surface area contributed by atoms with Crippen molar-refractivity contribution in [1.82, 2.24) is 5.32 Å². The van der Waals surface area contributed by atoms with Crippen LogP contribution < -0.4 is 5.32 Å². The van der Waals surface area contributed by atoms with Gasteiger partial charge in [0.1, 0.15) is 0 Å². The molecule has 0 fully saturated rings. The van der Waals surface area contributed by atoms with Crippen LogP contribution in [0.3, 0.4) is 0 Å². The smallest absolute Gasteiger partial charge is 0.00205 e. The van der Waals surface area contributed by atoms with Gasteiger partial charge in [-0.05, 0) is 38.3 Å². The van der Waals surface area contributed by atoms with E-state index >= 15 is 0 Å². The Hall–Kier alpha value is -0.0400. The molecule has 0 aliphatic heterocycles. The topological polar surface area (TPSA) is 12.0 Å². The van der Waals surface area contributed by atoms with E-state index in [9.17, 15) is 0 Å². The summed E-state index contributed by atoms with van der Waals surface area (Å²) in [6, 6.07) is 0. The molecule has 1 N–H and O–H groups in total. The molecule has 1 nitrogen and oxygen atoms in total. The Morgan fingerprint density at radius 1 is 0.429 bits per heavy atom. The van der Waals surface area contributed by atoms with Gasteiger partial charge in [-0.15, -0.1) is 0 Å². The summed E-state index contributed by atoms with van der Waals surface area (Å²) in [4.78, 5) is 0. The van der Waals surface area contributed by atoms with Crippen LogP contribution in [0.2, 0.25) is 0 Å². The van der Waals surface area contributed by atoms with Gasteiger partial charge in [0.05, 0.1) is 0 Å². The van der Waals surface area contributed by atoms with Gasteiger partial charge in [-0.3, -0.25) is 0 Å². The van der Waals surface area contributed by atoms with Gasteiger partial charge >= 0.3 is 0 Å². The van der Waals surface area contributed by atoms with Gasteiger partial charge in [-0.1, -0.05) is 136 Å². The number of hydrogen-bond acceptors (Lipinski definition) is 1. The Bertz CT molecular complexity index is 263. The van der Waals surface area contributed by atoms with Gasteiger partial charge in [0, 0.05) is 0 Å². The van der Waals surface area contributed by atoms with Crippen LogP contribution in [0, 0.1) is 5.92 Å². The Morgan fingerprint density at radius 2 is 0.786 bits per heavy atom. The lowest BCUT2D eigenvalue weighted by Gasteiger charge is -2.18. The van der Waals surface area contributed by atoms with Gasteiger partial charge in [-0.25, -0.2) is 0 Å². The molecule has 1 heteroatoms. The third-order valence-corrected chi connectivity index (χ3v) is 6.32. The summed E-state index contributed by atoms with van der Waals surface area (Å²) in [6.45, 7) is 9.46. The molecule has 0 aromatic heterocycles. The van der Waals surface area contributed by atoms with E-state index in [1.807, 2.05) is 0 Å². The van der Waals surface area contributed by atoms with Gasteiger partial charge < -0.3 is 5.32 Å². The van der Waals surface area contributed by atoms with Crippen molar-refractivity contribution in [2.24, 2.45) is 5.92 Å². The summed E-state index contributed by atoms with van der Waals surface area (Å²) in [5.41, 5.74) is 0. The zero-order valence-corrected chi connectivity index (χ0v) is 20.3. The number of unbranched alkanes of at least 4 members (excludes halogenated alkanes) is 16. The van der Waals surface area contributed by atoms with Crippen LogP contribution in [0.15, 0.2) is 0 Å². The molecule has 28 heavy (non-hydrogen) atoms. The third-order valence-electron chi connectivity index (χ3n) is 6.32. The lowest BCUT2D eigenvalue weighted by molar-refractivity contribution is 0.380. The van der Waals surface area contributed by atoms with E-state index in [1.54, 1.807) is 0 Å². The Morgan fingerprint density at radius 3 is 1.25 bits per heavy atom. The van der Waals surface area contributed by atoms with E-state index < -0.39 is 0 Å². The highest BCUT2D eigenvalue weighted by molar-refractivity contribution is 4.64. The van der Waals surface area contributed by atoms with E-state index in [2.05, 4.69) is 26.1 Å². The minimum Gasteiger partial charge on any atom is -0.316 e. The van der Waals surface area contributed by atoms with Crippen molar-refractivity contribution in [3.63, 3.8) is 0 Å². The van der Waals surface area contributed by atoms with Gasteiger partial charge in [0.2, 0.25) is 0 Å². The lowest BCUT2D eigenvalue weighted by atomic mass is 9.94. The SMILES string of the molecule is CCCCCCCCCCCNCC(CCCCCC)CCCCCCCC. The highest BCUT2D eigenvalue weighted by atomic mass is 14.8. The number of rotatable bonds is 24. The first-order valence-corrected chi connectivity index (χ1v) is 13.6. The average Bonchev–Trinajstić information content (AvgIpc) is 2.71. The van der Waals surface area contributed by atoms with Crippen molar-refractivity contribution in [3.8, 4) is 0 Å². The monoisotopic (exact) mass is 395 g/mol. The van der Waals surface area contributed by atoms with Gasteiger partial charge in [0.25, 0.3) is 0 Å². The molecule has 0 aliphatic carbocycles. The Kier molecular flexibility index (Phi) is 25.0. The van der Waals surface area contributed by atoms with Crippen molar-refractivity contribution in [2.45, 2.75) is 156 Å². The molecule has 0 amide bonds. The number of nitrogens with one attached hydrogen (secondary N) is 1. The molecule has 0 spiro atoms. The molecule has 1 atom stereocenters. The third kappa shape index (κ3) is 22.3. The van der Waals surface area contributed by atoms with Crippen LogP contribution in [0.25, 0.3) is 0 Å². The van der Waals surface area contributed by atoms with Crippen LogP contribution in [-0.2, 0) is 0 Å². The van der Waals surface area contributed by atoms with E-state index in [0.29, 0.717) is 0 Å². The zero-order valence-electron chi connectivity index (χ0n) is 20.3. The maximum Gasteiger partial charge on any atom is -0.00205 e. The summed E-state index contributed by atoms with van der Waals surface area (Å²) < 4.78 is 0. The van der Waals surface area contributed by atoms with E-state index in [1.165, 1.54) is 148 Å². The van der Waals surface area contributed by atoms with Gasteiger partial charge in [0.15, 0.2) is 0 Å². The van der Waals surface area contributed by atoms with Crippen LogP contribution >= 0.6 is 0 Å². The molecule has 0 rings (SSSR count). The molecule has 170 valence electrons. The molecule has 0 heterocycles. The van der Waals surface area contributed by atoms with Crippen LogP contribution in [0.1, 0.15) is 156 Å². The summed E-state index contributed by atoms with van der Waals surface area (Å²) in [5, 5.41) is 3.81. The summed E-state index contributed by atoms with van der Waals surface area (Å²) in [7, 11) is 0. The van der Waals surface area contributed by atoms with E-state index in [-0.39, 0.29) is 0 Å². The highest BCUT2D eigenvalue weighted by Crippen LogP contribution is 2.18. The van der Waals surface area contributed by atoms with Crippen LogP contribution in [-0.4, -0.2) is 13.1 Å². The second-order valence-corrected chi connectivity index (χ2v) is 9.30. The first-order valence-electron chi connectivity index (χ1n) is 13.6. The quantitative estimate of drug-likeness (QED) is 0.160. The second kappa shape index (κ2) is 25.0. The molecule has 0 aliphatic rings. The molecule has 0 bridgehead atoms. The number of hydrogen-bond donors (Lipinski definition) is 1. The molecule has 0 aromatic carbocycles. The Labute approximate surface area is 180 Å². The van der Waals surface area contributed by atoms with Crippen molar-refractivity contribution in [3.05, 3.63) is 0 Å². The molecule has 0 radical (unpaired) electrons. The largest absolute Gasteiger partial charge is 0.316 e. The summed E-state index contributed by atoms with van der Waals surface area (Å²) in [6.07, 6.45) is 30.1. The fraction of sp³-hybridized carbons (Fsp3) is 1.00. The first-order chi connectivity index (χ1) is 13.8. The fourth-order valence-electron chi connectivity index (χ4n) is 4.29. The lowest BCUT2D eigenvalue weighted by Crippen LogP contribution is -2.24. The standard InChI is InChI=1S/C27H57N/c1-4-7-10-13-15-16-17-19-22-25-28-26-27(23-20-12-9-6-3)24-21-18-14-11-8-5-2/h27-28H,4-26H2,1-3H3. The highest BCUT2D eigenvalue weighted by Gasteiger charge is 2.08. The predicted molar refractivity (Wildman–Crippen MR) is 130 cm³/mol. The zero-order chi connectivity index (χ0) is 20.5. The summed E-state index contributed by atoms with van der Waals surface area (Å²) >= 11 is 0. The maximum absolute atomic E-state index is 3.81. The average molecular weight is 396 g/mol. The van der Waals surface area contributed by atoms with Crippen LogP contribution in [0.4, 0.5) is 0 Å². The van der Waals surface area contributed by atoms with Crippen molar-refractivity contribution < 1.29 is 0 Å². The van der Waals surface area contributed by atoms with Crippen molar-refractivity contribution >= 4 is 0 Å². The van der Waals surface area contributed by atoms with E-state index in [0.717, 1.165) is 5.92 Å². The van der Waals surface area contributed by atoms with Crippen LogP contribution in [0.5, 0.6) is 0 Å². The molecule has 1 unspecified atom stereocenters. The maximum atomic E-state index is 3.81. The van der Waals surface area contributed by atoms with E-state index in [4.69, 9.17) is 0 Å². The second-order valence-electron chi connectivity index (χ2n) is 9.30. The normalized spacial score (nSPS) is 12.5. The molecule has 0 aromatic rings. The minimum atomic E-state index is 0.932. The first kappa shape index (κ1) is 28.0.